The highest BCUT2D eigenvalue weighted by atomic mass is 32.2. The van der Waals surface area contributed by atoms with Crippen LogP contribution in [0.2, 0.25) is 0 Å². The number of rotatable bonds is 7. The summed E-state index contributed by atoms with van der Waals surface area (Å²) in [5.74, 6) is -2.64. The van der Waals surface area contributed by atoms with Gasteiger partial charge in [0.15, 0.2) is 0 Å². The molecule has 0 heterocycles. The maximum atomic E-state index is 12.3. The van der Waals surface area contributed by atoms with Crippen LogP contribution in [0, 0.1) is 5.41 Å². The monoisotopic (exact) mass is 302 g/mol. The minimum Gasteiger partial charge on any atom is -0.329 e. The van der Waals surface area contributed by atoms with E-state index in [1.165, 1.54) is 0 Å². The van der Waals surface area contributed by atoms with Crippen molar-refractivity contribution in [2.24, 2.45) is 11.1 Å². The van der Waals surface area contributed by atoms with Gasteiger partial charge in [-0.1, -0.05) is 31.7 Å². The number of alkyl halides is 2. The summed E-state index contributed by atoms with van der Waals surface area (Å²) in [4.78, 5) is 12.7. The number of thioether (sulfide) groups is 1. The highest BCUT2D eigenvalue weighted by molar-refractivity contribution is 7.99. The molecular weight excluding hydrogens is 282 g/mol. The third kappa shape index (κ3) is 4.18. The van der Waals surface area contributed by atoms with Crippen LogP contribution in [0.15, 0.2) is 29.2 Å². The van der Waals surface area contributed by atoms with Crippen molar-refractivity contribution in [1.29, 1.82) is 0 Å². The Bertz CT molecular complexity index is 442. The second-order valence-corrected chi connectivity index (χ2v) is 5.62. The van der Waals surface area contributed by atoms with Gasteiger partial charge >= 0.3 is 0 Å². The molecule has 0 aromatic heterocycles. The van der Waals surface area contributed by atoms with Crippen LogP contribution in [0.5, 0.6) is 0 Å². The maximum absolute atomic E-state index is 12.3. The van der Waals surface area contributed by atoms with Crippen LogP contribution in [0.1, 0.15) is 26.7 Å². The first-order chi connectivity index (χ1) is 9.47. The lowest BCUT2D eigenvalue weighted by molar-refractivity contribution is -0.125. The number of carbonyl (C=O) groups excluding carboxylic acids is 1. The van der Waals surface area contributed by atoms with Crippen LogP contribution in [-0.2, 0) is 4.79 Å². The van der Waals surface area contributed by atoms with Gasteiger partial charge in [0.1, 0.15) is 0 Å². The molecule has 3 N–H and O–H groups in total. The summed E-state index contributed by atoms with van der Waals surface area (Å²) in [5.41, 5.74) is 5.62. The number of benzene rings is 1. The Morgan fingerprint density at radius 2 is 2.05 bits per heavy atom. The second-order valence-electron chi connectivity index (χ2n) is 4.55. The Hall–Kier alpha value is -1.14. The van der Waals surface area contributed by atoms with Crippen molar-refractivity contribution in [3.63, 3.8) is 0 Å². The van der Waals surface area contributed by atoms with Gasteiger partial charge in [0.05, 0.1) is 5.41 Å². The van der Waals surface area contributed by atoms with Gasteiger partial charge in [0.25, 0.3) is 5.76 Å². The Labute approximate surface area is 122 Å². The largest absolute Gasteiger partial charge is 0.329 e. The third-order valence-electron chi connectivity index (χ3n) is 3.54. The van der Waals surface area contributed by atoms with Crippen LogP contribution in [-0.4, -0.2) is 18.2 Å². The SMILES string of the molecule is CCC(CC)(CN)C(=O)Nc1cccc(SC(F)F)c1. The van der Waals surface area contributed by atoms with Gasteiger partial charge in [-0.15, -0.1) is 0 Å². The summed E-state index contributed by atoms with van der Waals surface area (Å²) < 4.78 is 24.7. The summed E-state index contributed by atoms with van der Waals surface area (Å²) in [5, 5.41) is 2.77. The fourth-order valence-corrected chi connectivity index (χ4v) is 2.52. The van der Waals surface area contributed by atoms with E-state index in [1.54, 1.807) is 24.3 Å². The van der Waals surface area contributed by atoms with Crippen molar-refractivity contribution in [3.05, 3.63) is 24.3 Å². The van der Waals surface area contributed by atoms with Crippen LogP contribution in [0.3, 0.4) is 0 Å². The first-order valence-corrected chi connectivity index (χ1v) is 7.41. The number of nitrogens with one attached hydrogen (secondary N) is 1. The molecule has 0 bridgehead atoms. The van der Waals surface area contributed by atoms with Gasteiger partial charge in [0, 0.05) is 17.1 Å². The first-order valence-electron chi connectivity index (χ1n) is 6.53. The summed E-state index contributed by atoms with van der Waals surface area (Å²) >= 11 is 0.455. The van der Waals surface area contributed by atoms with Gasteiger partial charge in [-0.25, -0.2) is 0 Å². The van der Waals surface area contributed by atoms with Crippen LogP contribution < -0.4 is 11.1 Å². The third-order valence-corrected chi connectivity index (χ3v) is 4.25. The molecule has 0 saturated carbocycles. The Morgan fingerprint density at radius 1 is 1.40 bits per heavy atom. The van der Waals surface area contributed by atoms with E-state index in [1.807, 2.05) is 13.8 Å². The number of halogens is 2. The first kappa shape index (κ1) is 16.9. The smallest absolute Gasteiger partial charge is 0.288 e. The Kier molecular flexibility index (Phi) is 6.42. The van der Waals surface area contributed by atoms with E-state index in [0.29, 0.717) is 35.2 Å². The lowest BCUT2D eigenvalue weighted by Gasteiger charge is -2.28. The van der Waals surface area contributed by atoms with Crippen molar-refractivity contribution >= 4 is 23.4 Å². The number of anilines is 1. The molecule has 0 spiro atoms. The minimum atomic E-state index is -2.48. The predicted molar refractivity (Wildman–Crippen MR) is 79.0 cm³/mol. The van der Waals surface area contributed by atoms with E-state index in [-0.39, 0.29) is 12.5 Å². The molecule has 0 radical (unpaired) electrons. The number of amides is 1. The number of carbonyl (C=O) groups is 1. The van der Waals surface area contributed by atoms with Crippen molar-refractivity contribution < 1.29 is 13.6 Å². The zero-order valence-corrected chi connectivity index (χ0v) is 12.5. The minimum absolute atomic E-state index is 0.163. The van der Waals surface area contributed by atoms with Crippen LogP contribution >= 0.6 is 11.8 Å². The number of nitrogens with two attached hydrogens (primary N) is 1. The molecule has 0 atom stereocenters. The van der Waals surface area contributed by atoms with Crippen molar-refractivity contribution in [2.75, 3.05) is 11.9 Å². The fourth-order valence-electron chi connectivity index (χ4n) is 1.97. The molecule has 3 nitrogen and oxygen atoms in total. The van der Waals surface area contributed by atoms with Gasteiger partial charge in [-0.2, -0.15) is 8.78 Å². The van der Waals surface area contributed by atoms with Crippen molar-refractivity contribution in [1.82, 2.24) is 0 Å². The number of hydrogen-bond donors (Lipinski definition) is 2. The fraction of sp³-hybridized carbons (Fsp3) is 0.500. The summed E-state index contributed by atoms with van der Waals surface area (Å²) in [6.45, 7) is 4.09. The number of hydrogen-bond acceptors (Lipinski definition) is 3. The summed E-state index contributed by atoms with van der Waals surface area (Å²) in [7, 11) is 0. The molecule has 0 unspecified atom stereocenters. The zero-order valence-electron chi connectivity index (χ0n) is 11.7. The van der Waals surface area contributed by atoms with Crippen molar-refractivity contribution in [3.8, 4) is 0 Å². The van der Waals surface area contributed by atoms with E-state index in [4.69, 9.17) is 5.73 Å². The summed E-state index contributed by atoms with van der Waals surface area (Å²) in [6, 6.07) is 6.45. The van der Waals surface area contributed by atoms with Crippen LogP contribution in [0.4, 0.5) is 14.5 Å². The Balaban J connectivity index is 2.84. The maximum Gasteiger partial charge on any atom is 0.288 e. The average Bonchev–Trinajstić information content (AvgIpc) is 2.41. The molecule has 1 rings (SSSR count). The highest BCUT2D eigenvalue weighted by Crippen LogP contribution is 2.30. The molecule has 0 aliphatic rings. The second kappa shape index (κ2) is 7.59. The average molecular weight is 302 g/mol. The molecule has 1 amide bonds. The predicted octanol–water partition coefficient (Wildman–Crippen LogP) is 3.70. The van der Waals surface area contributed by atoms with E-state index in [2.05, 4.69) is 5.32 Å². The normalized spacial score (nSPS) is 11.7. The van der Waals surface area contributed by atoms with E-state index in [9.17, 15) is 13.6 Å². The van der Waals surface area contributed by atoms with Gasteiger partial charge in [-0.05, 0) is 31.0 Å². The van der Waals surface area contributed by atoms with Gasteiger partial charge in [0.2, 0.25) is 5.91 Å². The van der Waals surface area contributed by atoms with E-state index in [0.717, 1.165) is 0 Å². The highest BCUT2D eigenvalue weighted by Gasteiger charge is 2.33. The molecule has 0 fully saturated rings. The molecule has 0 aliphatic heterocycles. The molecule has 0 aliphatic carbocycles. The zero-order chi connectivity index (χ0) is 15.2. The Morgan fingerprint density at radius 3 is 2.55 bits per heavy atom. The molecule has 112 valence electrons. The standard InChI is InChI=1S/C14H20F2N2OS/c1-3-14(4-2,9-17)12(19)18-10-6-5-7-11(8-10)20-13(15)16/h5-8,13H,3-4,9,17H2,1-2H3,(H,18,19). The van der Waals surface area contributed by atoms with Crippen molar-refractivity contribution in [2.45, 2.75) is 37.3 Å². The lowest BCUT2D eigenvalue weighted by atomic mass is 9.81. The molecule has 1 aromatic rings. The van der Waals surface area contributed by atoms with Gasteiger partial charge in [-0.3, -0.25) is 4.79 Å². The topological polar surface area (TPSA) is 55.1 Å². The molecule has 6 heteroatoms. The molecule has 20 heavy (non-hydrogen) atoms. The molecule has 1 aromatic carbocycles. The molecule has 0 saturated heterocycles. The van der Waals surface area contributed by atoms with Crippen LogP contribution in [0.25, 0.3) is 0 Å². The molecular formula is C14H20F2N2OS. The lowest BCUT2D eigenvalue weighted by Crippen LogP contribution is -2.41. The van der Waals surface area contributed by atoms with E-state index >= 15 is 0 Å². The quantitative estimate of drug-likeness (QED) is 0.755. The summed E-state index contributed by atoms with van der Waals surface area (Å²) in [6.07, 6.45) is 1.27. The van der Waals surface area contributed by atoms with Gasteiger partial charge < -0.3 is 11.1 Å². The van der Waals surface area contributed by atoms with E-state index < -0.39 is 11.2 Å².